The summed E-state index contributed by atoms with van der Waals surface area (Å²) in [5.41, 5.74) is -6.15. The molecule has 2 aliphatic carbocycles. The molecule has 22 heavy (non-hydrogen) atoms. The topological polar surface area (TPSA) is 17.1 Å². The van der Waals surface area contributed by atoms with Crippen LogP contribution in [0, 0.1) is 23.3 Å². The van der Waals surface area contributed by atoms with Crippen LogP contribution >= 0.6 is 0 Å². The zero-order chi connectivity index (χ0) is 16.5. The monoisotopic (exact) mass is 324 g/mol. The highest BCUT2D eigenvalue weighted by atomic mass is 19.2. The van der Waals surface area contributed by atoms with Crippen LogP contribution in [0.3, 0.4) is 0 Å². The first-order valence-electron chi connectivity index (χ1n) is 5.47. The Hall–Kier alpha value is -2.45. The van der Waals surface area contributed by atoms with Crippen molar-refractivity contribution in [2.45, 2.75) is 0 Å². The predicted molar refractivity (Wildman–Crippen MR) is 56.6 cm³/mol. The van der Waals surface area contributed by atoms with Crippen LogP contribution in [0.2, 0.25) is 0 Å². The van der Waals surface area contributed by atoms with Crippen molar-refractivity contribution < 1.29 is 39.9 Å². The molecule has 3 rings (SSSR count). The van der Waals surface area contributed by atoms with Crippen molar-refractivity contribution in [3.05, 3.63) is 57.4 Å². The van der Waals surface area contributed by atoms with Crippen LogP contribution in [0.25, 0.3) is 11.4 Å². The number of ketones is 1. The average Bonchev–Trinajstić information content (AvgIpc) is 2.80. The summed E-state index contributed by atoms with van der Waals surface area (Å²) in [5.74, 6) is -20.2. The van der Waals surface area contributed by atoms with Crippen molar-refractivity contribution in [2.24, 2.45) is 0 Å². The van der Waals surface area contributed by atoms with E-state index < -0.39 is 74.6 Å². The summed E-state index contributed by atoms with van der Waals surface area (Å²) in [5, 5.41) is 0. The molecular formula is C13F8O. The molecule has 0 aliphatic heterocycles. The van der Waals surface area contributed by atoms with Crippen molar-refractivity contribution in [3.8, 4) is 0 Å². The van der Waals surface area contributed by atoms with E-state index in [4.69, 9.17) is 0 Å². The van der Waals surface area contributed by atoms with Crippen LogP contribution in [0.15, 0.2) is 23.1 Å². The molecule has 1 aromatic carbocycles. The molecule has 0 aromatic heterocycles. The van der Waals surface area contributed by atoms with Crippen molar-refractivity contribution in [3.63, 3.8) is 0 Å². The zero-order valence-corrected chi connectivity index (χ0v) is 9.93. The van der Waals surface area contributed by atoms with Gasteiger partial charge < -0.3 is 0 Å². The minimum atomic E-state index is -2.41. The standard InChI is InChI=1S/C13F8O/c14-5-3-1(6(15)9(18)10(19)8(3)17)2-4(5)13(22)12(21)11(20)7(2)16. The van der Waals surface area contributed by atoms with E-state index >= 15 is 0 Å². The van der Waals surface area contributed by atoms with Crippen molar-refractivity contribution in [1.82, 2.24) is 0 Å². The highest BCUT2D eigenvalue weighted by Crippen LogP contribution is 2.52. The van der Waals surface area contributed by atoms with Crippen molar-refractivity contribution >= 4 is 17.2 Å². The number of benzene rings is 1. The lowest BCUT2D eigenvalue weighted by molar-refractivity contribution is -0.113. The van der Waals surface area contributed by atoms with Gasteiger partial charge in [0.15, 0.2) is 34.9 Å². The van der Waals surface area contributed by atoms with E-state index in [1.807, 2.05) is 0 Å². The van der Waals surface area contributed by atoms with E-state index in [1.54, 1.807) is 0 Å². The van der Waals surface area contributed by atoms with E-state index in [0.717, 1.165) is 0 Å². The molecule has 0 unspecified atom stereocenters. The molecular weight excluding hydrogens is 324 g/mol. The third-order valence-electron chi connectivity index (χ3n) is 3.24. The van der Waals surface area contributed by atoms with Gasteiger partial charge >= 0.3 is 0 Å². The fourth-order valence-electron chi connectivity index (χ4n) is 2.28. The van der Waals surface area contributed by atoms with Gasteiger partial charge in [-0.2, -0.15) is 4.39 Å². The SMILES string of the molecule is O=C1C(F)=C(F)C(F)=C2C1=C(F)c1c(F)c(F)c(F)c(F)c12. The average molecular weight is 324 g/mol. The molecule has 114 valence electrons. The Balaban J connectivity index is 2.54. The number of carbonyl (C=O) groups is 1. The number of carbonyl (C=O) groups excluding carboxylic acids is 1. The van der Waals surface area contributed by atoms with Crippen molar-refractivity contribution in [2.75, 3.05) is 0 Å². The Bertz CT molecular complexity index is 875. The van der Waals surface area contributed by atoms with E-state index in [-0.39, 0.29) is 0 Å². The summed E-state index contributed by atoms with van der Waals surface area (Å²) in [4.78, 5) is 11.4. The predicted octanol–water partition coefficient (Wildman–Crippen LogP) is 4.35. The molecule has 1 aromatic rings. The first kappa shape index (κ1) is 14.5. The third-order valence-corrected chi connectivity index (χ3v) is 3.24. The van der Waals surface area contributed by atoms with E-state index in [1.165, 1.54) is 0 Å². The van der Waals surface area contributed by atoms with E-state index in [9.17, 15) is 39.9 Å². The molecule has 0 heterocycles. The van der Waals surface area contributed by atoms with Crippen LogP contribution in [0.5, 0.6) is 0 Å². The van der Waals surface area contributed by atoms with E-state index in [2.05, 4.69) is 0 Å². The molecule has 0 saturated carbocycles. The number of Topliss-reactive ketones (excluding diaryl/α,β-unsaturated/α-hetero) is 1. The Morgan fingerprint density at radius 3 is 1.50 bits per heavy atom. The Labute approximate surface area is 115 Å². The van der Waals surface area contributed by atoms with Crippen LogP contribution in [0.4, 0.5) is 35.1 Å². The highest BCUT2D eigenvalue weighted by Gasteiger charge is 2.46. The van der Waals surface area contributed by atoms with Crippen LogP contribution in [-0.2, 0) is 4.79 Å². The summed E-state index contributed by atoms with van der Waals surface area (Å²) >= 11 is 0. The quantitative estimate of drug-likeness (QED) is 0.394. The Morgan fingerprint density at radius 2 is 0.955 bits per heavy atom. The minimum Gasteiger partial charge on any atom is -0.286 e. The lowest BCUT2D eigenvalue weighted by Gasteiger charge is -2.13. The molecule has 9 heteroatoms. The number of allylic oxidation sites excluding steroid dienone is 5. The second-order valence-electron chi connectivity index (χ2n) is 4.34. The summed E-state index contributed by atoms with van der Waals surface area (Å²) in [6.07, 6.45) is 0. The van der Waals surface area contributed by atoms with Gasteiger partial charge in [-0.05, 0) is 0 Å². The zero-order valence-electron chi connectivity index (χ0n) is 9.93. The maximum absolute atomic E-state index is 14.0. The second kappa shape index (κ2) is 4.28. The number of fused-ring (bicyclic) bond motifs is 3. The number of hydrogen-bond acceptors (Lipinski definition) is 1. The molecule has 0 atom stereocenters. The summed E-state index contributed by atoms with van der Waals surface area (Å²) in [6, 6.07) is 0. The Kier molecular flexibility index (Phi) is 2.82. The maximum atomic E-state index is 14.0. The van der Waals surface area contributed by atoms with Crippen molar-refractivity contribution in [1.29, 1.82) is 0 Å². The fraction of sp³-hybridized carbons (Fsp3) is 0. The first-order valence-corrected chi connectivity index (χ1v) is 5.47. The third kappa shape index (κ3) is 1.45. The molecule has 1 nitrogen and oxygen atoms in total. The van der Waals surface area contributed by atoms with Gasteiger partial charge in [0.1, 0.15) is 5.83 Å². The number of rotatable bonds is 0. The molecule has 0 fully saturated rings. The minimum absolute atomic E-state index is 1.49. The molecule has 0 bridgehead atoms. The van der Waals surface area contributed by atoms with Gasteiger partial charge in [0.2, 0.25) is 11.6 Å². The molecule has 0 radical (unpaired) electrons. The van der Waals surface area contributed by atoms with Crippen LogP contribution in [0.1, 0.15) is 11.1 Å². The number of halogens is 8. The largest absolute Gasteiger partial charge is 0.286 e. The maximum Gasteiger partial charge on any atom is 0.228 e. The molecule has 0 amide bonds. The molecule has 2 aliphatic rings. The fourth-order valence-corrected chi connectivity index (χ4v) is 2.28. The van der Waals surface area contributed by atoms with Gasteiger partial charge in [-0.1, -0.05) is 0 Å². The van der Waals surface area contributed by atoms with Gasteiger partial charge in [0, 0.05) is 11.1 Å². The summed E-state index contributed by atoms with van der Waals surface area (Å²) in [6.45, 7) is 0. The molecule has 0 saturated heterocycles. The van der Waals surface area contributed by atoms with Gasteiger partial charge in [0.25, 0.3) is 0 Å². The first-order chi connectivity index (χ1) is 10.2. The number of hydrogen-bond donors (Lipinski definition) is 0. The van der Waals surface area contributed by atoms with Gasteiger partial charge in [-0.25, -0.2) is 30.7 Å². The summed E-state index contributed by atoms with van der Waals surface area (Å²) < 4.78 is 108. The van der Waals surface area contributed by atoms with Gasteiger partial charge in [0.05, 0.1) is 11.1 Å². The van der Waals surface area contributed by atoms with Crippen LogP contribution in [-0.4, -0.2) is 5.78 Å². The smallest absolute Gasteiger partial charge is 0.228 e. The summed E-state index contributed by atoms with van der Waals surface area (Å²) in [7, 11) is 0. The second-order valence-corrected chi connectivity index (χ2v) is 4.34. The molecule has 0 N–H and O–H groups in total. The normalized spacial score (nSPS) is 17.5. The highest BCUT2D eigenvalue weighted by molar-refractivity contribution is 6.27. The Morgan fingerprint density at radius 1 is 0.455 bits per heavy atom. The lowest BCUT2D eigenvalue weighted by Crippen LogP contribution is -2.12. The van der Waals surface area contributed by atoms with Crippen LogP contribution < -0.4 is 0 Å². The van der Waals surface area contributed by atoms with Gasteiger partial charge in [-0.3, -0.25) is 4.79 Å². The van der Waals surface area contributed by atoms with Gasteiger partial charge in [-0.15, -0.1) is 0 Å². The van der Waals surface area contributed by atoms with E-state index in [0.29, 0.717) is 0 Å². The molecule has 0 spiro atoms. The lowest BCUT2D eigenvalue weighted by atomic mass is 9.93.